The van der Waals surface area contributed by atoms with Gasteiger partial charge in [0, 0.05) is 11.8 Å². The number of hydrogen-bond donors (Lipinski definition) is 1. The maximum atomic E-state index is 12.1. The molecule has 1 aromatic carbocycles. The molecule has 1 N–H and O–H groups in total. The minimum Gasteiger partial charge on any atom is -0.274 e. The van der Waals surface area contributed by atoms with Crippen LogP contribution in [-0.4, -0.2) is 19.3 Å². The Morgan fingerprint density at radius 2 is 2.10 bits per heavy atom. The first kappa shape index (κ1) is 14.7. The van der Waals surface area contributed by atoms with E-state index in [1.54, 1.807) is 30.6 Å². The number of benzene rings is 1. The number of nitrogens with one attached hydrogen (secondary N) is 1. The van der Waals surface area contributed by atoms with Gasteiger partial charge in [-0.3, -0.25) is 4.79 Å². The minimum absolute atomic E-state index is 0.0921. The van der Waals surface area contributed by atoms with Crippen LogP contribution in [0.4, 0.5) is 0 Å². The molecule has 2 aromatic rings. The van der Waals surface area contributed by atoms with Gasteiger partial charge in [-0.05, 0) is 25.0 Å². The zero-order valence-electron chi connectivity index (χ0n) is 10.9. The summed E-state index contributed by atoms with van der Waals surface area (Å²) in [4.78, 5) is 15.9. The summed E-state index contributed by atoms with van der Waals surface area (Å²) < 4.78 is 26.2. The molecule has 1 aromatic heterocycles. The molecule has 0 atom stereocenters. The van der Waals surface area contributed by atoms with Crippen LogP contribution in [0, 0.1) is 6.92 Å². The first-order chi connectivity index (χ1) is 9.49. The number of aromatic nitrogens is 1. The molecule has 5 nitrogen and oxygen atoms in total. The van der Waals surface area contributed by atoms with Gasteiger partial charge in [0.15, 0.2) is 0 Å². The average Bonchev–Trinajstić information content (AvgIpc) is 2.89. The van der Waals surface area contributed by atoms with Gasteiger partial charge in [-0.15, -0.1) is 11.3 Å². The molecule has 0 bridgehead atoms. The third kappa shape index (κ3) is 3.64. The molecule has 0 aliphatic rings. The predicted octanol–water partition coefficient (Wildman–Crippen LogP) is 1.89. The molecule has 7 heteroatoms. The maximum Gasteiger partial charge on any atom is 0.264 e. The molecule has 20 heavy (non-hydrogen) atoms. The largest absolute Gasteiger partial charge is 0.274 e. The van der Waals surface area contributed by atoms with Crippen LogP contribution in [0.15, 0.2) is 40.1 Å². The highest BCUT2D eigenvalue weighted by atomic mass is 32.2. The normalized spacial score (nSPS) is 11.2. The number of hydrogen-bond acceptors (Lipinski definition) is 5. The van der Waals surface area contributed by atoms with Crippen molar-refractivity contribution in [3.8, 4) is 0 Å². The molecule has 0 unspecified atom stereocenters. The molecule has 0 saturated carbocycles. The lowest BCUT2D eigenvalue weighted by atomic mass is 10.2. The fraction of sp³-hybridized carbons (Fsp3) is 0.231. The highest BCUT2D eigenvalue weighted by Crippen LogP contribution is 2.14. The second-order valence-electron chi connectivity index (χ2n) is 4.27. The van der Waals surface area contributed by atoms with Crippen LogP contribution in [0.1, 0.15) is 17.7 Å². The Morgan fingerprint density at radius 3 is 2.75 bits per heavy atom. The molecule has 1 heterocycles. The number of rotatable bonds is 5. The predicted molar refractivity (Wildman–Crippen MR) is 76.9 cm³/mol. The van der Waals surface area contributed by atoms with Crippen molar-refractivity contribution in [2.24, 2.45) is 0 Å². The molecular formula is C13H14N2O3S2. The van der Waals surface area contributed by atoms with E-state index in [2.05, 4.69) is 9.71 Å². The Balaban J connectivity index is 2.01. The van der Waals surface area contributed by atoms with Crippen LogP contribution < -0.4 is 4.72 Å². The lowest BCUT2D eigenvalue weighted by Crippen LogP contribution is -2.31. The van der Waals surface area contributed by atoms with Gasteiger partial charge in [0.25, 0.3) is 10.0 Å². The van der Waals surface area contributed by atoms with Crippen molar-refractivity contribution in [2.45, 2.75) is 24.7 Å². The van der Waals surface area contributed by atoms with Crippen LogP contribution in [-0.2, 0) is 21.2 Å². The summed E-state index contributed by atoms with van der Waals surface area (Å²) in [5.41, 5.74) is 3.07. The molecule has 2 rings (SSSR count). The van der Waals surface area contributed by atoms with Crippen LogP contribution in [0.5, 0.6) is 0 Å². The van der Waals surface area contributed by atoms with E-state index in [1.807, 2.05) is 5.38 Å². The smallest absolute Gasteiger partial charge is 0.264 e. The summed E-state index contributed by atoms with van der Waals surface area (Å²) in [7, 11) is -3.80. The Morgan fingerprint density at radius 1 is 1.35 bits per heavy atom. The van der Waals surface area contributed by atoms with Gasteiger partial charge in [0.05, 0.1) is 16.1 Å². The number of aryl methyl sites for hydroxylation is 2. The molecule has 0 aliphatic heterocycles. The van der Waals surface area contributed by atoms with E-state index in [4.69, 9.17) is 0 Å². The summed E-state index contributed by atoms with van der Waals surface area (Å²) in [6, 6.07) is 6.54. The standard InChI is InChI=1S/C13H14N2O3S2/c1-10-4-2-3-5-12(10)20(17,18)15-13(16)7-6-11-8-19-9-14-11/h2-5,8-9H,6-7H2,1H3,(H,15,16). The van der Waals surface area contributed by atoms with Gasteiger partial charge in [0.2, 0.25) is 5.91 Å². The SMILES string of the molecule is Cc1ccccc1S(=O)(=O)NC(=O)CCc1cscn1. The second-order valence-corrected chi connectivity index (χ2v) is 6.64. The van der Waals surface area contributed by atoms with E-state index in [0.717, 1.165) is 5.69 Å². The van der Waals surface area contributed by atoms with E-state index in [1.165, 1.54) is 17.4 Å². The first-order valence-electron chi connectivity index (χ1n) is 5.97. The highest BCUT2D eigenvalue weighted by Gasteiger charge is 2.19. The lowest BCUT2D eigenvalue weighted by Gasteiger charge is -2.08. The van der Waals surface area contributed by atoms with Crippen molar-refractivity contribution in [3.05, 3.63) is 46.4 Å². The van der Waals surface area contributed by atoms with Gasteiger partial charge in [-0.1, -0.05) is 18.2 Å². The average molecular weight is 310 g/mol. The van der Waals surface area contributed by atoms with Crippen molar-refractivity contribution in [1.82, 2.24) is 9.71 Å². The Bertz CT molecular complexity index is 694. The molecule has 106 valence electrons. The lowest BCUT2D eigenvalue weighted by molar-refractivity contribution is -0.119. The van der Waals surface area contributed by atoms with E-state index in [0.29, 0.717) is 12.0 Å². The van der Waals surface area contributed by atoms with Crippen LogP contribution in [0.3, 0.4) is 0 Å². The molecule has 0 spiro atoms. The quantitative estimate of drug-likeness (QED) is 0.915. The molecule has 0 radical (unpaired) electrons. The summed E-state index contributed by atoms with van der Waals surface area (Å²) in [6.45, 7) is 1.69. The van der Waals surface area contributed by atoms with E-state index < -0.39 is 15.9 Å². The van der Waals surface area contributed by atoms with Gasteiger partial charge < -0.3 is 0 Å². The molecule has 1 amide bonds. The minimum atomic E-state index is -3.80. The third-order valence-electron chi connectivity index (χ3n) is 2.72. The van der Waals surface area contributed by atoms with E-state index >= 15 is 0 Å². The topological polar surface area (TPSA) is 76.1 Å². The summed E-state index contributed by atoms with van der Waals surface area (Å²) in [5.74, 6) is -0.527. The number of amides is 1. The molecular weight excluding hydrogens is 296 g/mol. The zero-order chi connectivity index (χ0) is 14.6. The van der Waals surface area contributed by atoms with Crippen molar-refractivity contribution in [2.75, 3.05) is 0 Å². The third-order valence-corrected chi connectivity index (χ3v) is 4.89. The van der Waals surface area contributed by atoms with Crippen LogP contribution in [0.25, 0.3) is 0 Å². The fourth-order valence-electron chi connectivity index (χ4n) is 1.72. The number of nitrogens with zero attached hydrogens (tertiary/aromatic N) is 1. The fourth-order valence-corrected chi connectivity index (χ4v) is 3.57. The number of carbonyl (C=O) groups excluding carboxylic acids is 1. The van der Waals surface area contributed by atoms with Crippen LogP contribution in [0.2, 0.25) is 0 Å². The monoisotopic (exact) mass is 310 g/mol. The van der Waals surface area contributed by atoms with Crippen LogP contribution >= 0.6 is 11.3 Å². The Hall–Kier alpha value is -1.73. The Labute approximate surface area is 121 Å². The molecule has 0 fully saturated rings. The van der Waals surface area contributed by atoms with Gasteiger partial charge in [0.1, 0.15) is 0 Å². The van der Waals surface area contributed by atoms with Gasteiger partial charge >= 0.3 is 0 Å². The van der Waals surface area contributed by atoms with Crippen molar-refractivity contribution < 1.29 is 13.2 Å². The summed E-state index contributed by atoms with van der Waals surface area (Å²) in [5, 5.41) is 1.84. The first-order valence-corrected chi connectivity index (χ1v) is 8.40. The number of carbonyl (C=O) groups is 1. The summed E-state index contributed by atoms with van der Waals surface area (Å²) in [6.07, 6.45) is 0.521. The van der Waals surface area contributed by atoms with E-state index in [9.17, 15) is 13.2 Å². The Kier molecular flexibility index (Phi) is 4.51. The second kappa shape index (κ2) is 6.15. The van der Waals surface area contributed by atoms with Gasteiger partial charge in [-0.2, -0.15) is 0 Å². The highest BCUT2D eigenvalue weighted by molar-refractivity contribution is 7.90. The summed E-state index contributed by atoms with van der Waals surface area (Å²) >= 11 is 1.44. The van der Waals surface area contributed by atoms with E-state index in [-0.39, 0.29) is 11.3 Å². The van der Waals surface area contributed by atoms with Crippen molar-refractivity contribution in [1.29, 1.82) is 0 Å². The zero-order valence-corrected chi connectivity index (χ0v) is 12.5. The van der Waals surface area contributed by atoms with Crippen molar-refractivity contribution >= 4 is 27.3 Å². The molecule has 0 aliphatic carbocycles. The number of thiazole rings is 1. The molecule has 0 saturated heterocycles. The van der Waals surface area contributed by atoms with Crippen molar-refractivity contribution in [3.63, 3.8) is 0 Å². The number of sulfonamides is 1. The van der Waals surface area contributed by atoms with Gasteiger partial charge in [-0.25, -0.2) is 18.1 Å². The maximum absolute atomic E-state index is 12.1.